The molecule has 0 spiro atoms. The van der Waals surface area contributed by atoms with Gasteiger partial charge in [0.2, 0.25) is 5.91 Å². The van der Waals surface area contributed by atoms with E-state index in [0.29, 0.717) is 10.8 Å². The Hall–Kier alpha value is -2.97. The molecule has 1 atom stereocenters. The lowest BCUT2D eigenvalue weighted by Gasteiger charge is -2.14. The fourth-order valence-electron chi connectivity index (χ4n) is 2.50. The molecule has 28 heavy (non-hydrogen) atoms. The average molecular weight is 419 g/mol. The Morgan fingerprint density at radius 2 is 1.89 bits per heavy atom. The summed E-state index contributed by atoms with van der Waals surface area (Å²) in [5.74, 6) is -0.404. The standard InChI is InChI=1S/C18H16Cl2N6O2/c1-11(17-23-24-25-26(17)13-5-3-2-4-6-13)22-16(27)10-21-18(28)14-8-7-12(19)9-15(14)20/h2-9,11H,10H2,1H3,(H,21,28)(H,22,27). The van der Waals surface area contributed by atoms with E-state index in [9.17, 15) is 9.59 Å². The average Bonchev–Trinajstić information content (AvgIpc) is 3.17. The Kier molecular flexibility index (Phi) is 6.23. The molecule has 0 aliphatic carbocycles. The molecule has 2 aromatic carbocycles. The van der Waals surface area contributed by atoms with E-state index in [2.05, 4.69) is 26.2 Å². The van der Waals surface area contributed by atoms with E-state index in [0.717, 1.165) is 5.69 Å². The fourth-order valence-corrected chi connectivity index (χ4v) is 3.00. The summed E-state index contributed by atoms with van der Waals surface area (Å²) in [4.78, 5) is 24.4. The van der Waals surface area contributed by atoms with Crippen LogP contribution in [0.15, 0.2) is 48.5 Å². The zero-order valence-corrected chi connectivity index (χ0v) is 16.3. The van der Waals surface area contributed by atoms with Crippen LogP contribution >= 0.6 is 23.2 Å². The normalized spacial score (nSPS) is 11.7. The van der Waals surface area contributed by atoms with Gasteiger partial charge in [0, 0.05) is 5.02 Å². The summed E-state index contributed by atoms with van der Waals surface area (Å²) in [5.41, 5.74) is 1.01. The number of rotatable bonds is 6. The summed E-state index contributed by atoms with van der Waals surface area (Å²) < 4.78 is 1.54. The molecule has 144 valence electrons. The van der Waals surface area contributed by atoms with E-state index in [1.54, 1.807) is 13.0 Å². The molecular weight excluding hydrogens is 403 g/mol. The van der Waals surface area contributed by atoms with Gasteiger partial charge in [0.15, 0.2) is 5.82 Å². The number of para-hydroxylation sites is 1. The van der Waals surface area contributed by atoms with Crippen molar-refractivity contribution in [3.63, 3.8) is 0 Å². The first kappa shape index (κ1) is 19.8. The molecule has 0 bridgehead atoms. The minimum absolute atomic E-state index is 0.209. The fraction of sp³-hybridized carbons (Fsp3) is 0.167. The number of nitrogens with zero attached hydrogens (tertiary/aromatic N) is 4. The highest BCUT2D eigenvalue weighted by atomic mass is 35.5. The topological polar surface area (TPSA) is 102 Å². The Labute approximate surface area is 170 Å². The Bertz CT molecular complexity index is 993. The zero-order valence-electron chi connectivity index (χ0n) is 14.8. The smallest absolute Gasteiger partial charge is 0.253 e. The van der Waals surface area contributed by atoms with Crippen LogP contribution in [0.25, 0.3) is 5.69 Å². The van der Waals surface area contributed by atoms with Crippen LogP contribution in [-0.2, 0) is 4.79 Å². The van der Waals surface area contributed by atoms with Crippen molar-refractivity contribution in [1.29, 1.82) is 0 Å². The third-order valence-corrected chi connectivity index (χ3v) is 4.39. The van der Waals surface area contributed by atoms with Gasteiger partial charge in [-0.2, -0.15) is 4.68 Å². The largest absolute Gasteiger partial charge is 0.345 e. The van der Waals surface area contributed by atoms with E-state index >= 15 is 0 Å². The molecule has 0 radical (unpaired) electrons. The van der Waals surface area contributed by atoms with Crippen LogP contribution in [0.1, 0.15) is 29.1 Å². The monoisotopic (exact) mass is 418 g/mol. The number of amides is 2. The molecule has 3 rings (SSSR count). The molecule has 0 aliphatic heterocycles. The number of nitrogens with one attached hydrogen (secondary N) is 2. The van der Waals surface area contributed by atoms with Gasteiger partial charge in [0.05, 0.1) is 28.9 Å². The maximum Gasteiger partial charge on any atom is 0.253 e. The first-order chi connectivity index (χ1) is 13.5. The maximum absolute atomic E-state index is 12.2. The summed E-state index contributed by atoms with van der Waals surface area (Å²) in [6.45, 7) is 1.52. The summed E-state index contributed by atoms with van der Waals surface area (Å²) in [6.07, 6.45) is 0. The summed E-state index contributed by atoms with van der Waals surface area (Å²) in [5, 5.41) is 17.5. The molecule has 2 N–H and O–H groups in total. The minimum atomic E-state index is -0.474. The van der Waals surface area contributed by atoms with Crippen molar-refractivity contribution < 1.29 is 9.59 Å². The first-order valence-corrected chi connectivity index (χ1v) is 9.07. The number of carbonyl (C=O) groups is 2. The zero-order chi connectivity index (χ0) is 20.1. The molecule has 3 aromatic rings. The number of tetrazole rings is 1. The maximum atomic E-state index is 12.2. The van der Waals surface area contributed by atoms with Crippen LogP contribution in [0, 0.1) is 0 Å². The quantitative estimate of drug-likeness (QED) is 0.640. The highest BCUT2D eigenvalue weighted by Gasteiger charge is 2.18. The predicted octanol–water partition coefficient (Wildman–Crippen LogP) is 2.58. The molecule has 8 nitrogen and oxygen atoms in total. The van der Waals surface area contributed by atoms with Crippen molar-refractivity contribution in [2.24, 2.45) is 0 Å². The second-order valence-electron chi connectivity index (χ2n) is 5.88. The molecule has 1 unspecified atom stereocenters. The number of aromatic nitrogens is 4. The van der Waals surface area contributed by atoms with E-state index in [4.69, 9.17) is 23.2 Å². The summed E-state index contributed by atoms with van der Waals surface area (Å²) in [6, 6.07) is 13.3. The van der Waals surface area contributed by atoms with Gasteiger partial charge in [-0.25, -0.2) is 0 Å². The number of hydrogen-bond acceptors (Lipinski definition) is 5. The SMILES string of the molecule is CC(NC(=O)CNC(=O)c1ccc(Cl)cc1Cl)c1nnnn1-c1ccccc1. The van der Waals surface area contributed by atoms with Crippen LogP contribution in [0.2, 0.25) is 10.0 Å². The lowest BCUT2D eigenvalue weighted by atomic mass is 10.2. The summed E-state index contributed by atoms with van der Waals surface area (Å²) >= 11 is 11.8. The molecule has 2 amide bonds. The second kappa shape index (κ2) is 8.81. The summed E-state index contributed by atoms with van der Waals surface area (Å²) in [7, 11) is 0. The van der Waals surface area contributed by atoms with Crippen molar-refractivity contribution in [3.8, 4) is 5.69 Å². The predicted molar refractivity (Wildman–Crippen MR) is 105 cm³/mol. The number of halogens is 2. The van der Waals surface area contributed by atoms with E-state index in [1.165, 1.54) is 16.8 Å². The third kappa shape index (κ3) is 4.65. The molecule has 0 aliphatic rings. The Morgan fingerprint density at radius 1 is 1.14 bits per heavy atom. The van der Waals surface area contributed by atoms with E-state index in [1.807, 2.05) is 30.3 Å². The van der Waals surface area contributed by atoms with Crippen molar-refractivity contribution in [2.75, 3.05) is 6.54 Å². The second-order valence-corrected chi connectivity index (χ2v) is 6.72. The highest BCUT2D eigenvalue weighted by Crippen LogP contribution is 2.20. The van der Waals surface area contributed by atoms with Gasteiger partial charge < -0.3 is 10.6 Å². The van der Waals surface area contributed by atoms with Crippen molar-refractivity contribution in [3.05, 3.63) is 70.0 Å². The van der Waals surface area contributed by atoms with Gasteiger partial charge in [-0.05, 0) is 47.7 Å². The first-order valence-electron chi connectivity index (χ1n) is 8.32. The van der Waals surface area contributed by atoms with Crippen LogP contribution in [0.4, 0.5) is 0 Å². The minimum Gasteiger partial charge on any atom is -0.345 e. The molecule has 10 heteroatoms. The van der Waals surface area contributed by atoms with Crippen molar-refractivity contribution >= 4 is 35.0 Å². The van der Waals surface area contributed by atoms with E-state index in [-0.39, 0.29) is 17.1 Å². The van der Waals surface area contributed by atoms with Crippen LogP contribution in [0.5, 0.6) is 0 Å². The number of carbonyl (C=O) groups excluding carboxylic acids is 2. The lowest BCUT2D eigenvalue weighted by Crippen LogP contribution is -2.38. The number of hydrogen-bond donors (Lipinski definition) is 2. The van der Waals surface area contributed by atoms with Crippen molar-refractivity contribution in [1.82, 2.24) is 30.8 Å². The lowest BCUT2D eigenvalue weighted by molar-refractivity contribution is -0.120. The van der Waals surface area contributed by atoms with Crippen LogP contribution < -0.4 is 10.6 Å². The van der Waals surface area contributed by atoms with Gasteiger partial charge in [-0.3, -0.25) is 9.59 Å². The molecule has 0 fully saturated rings. The van der Waals surface area contributed by atoms with Gasteiger partial charge in [-0.15, -0.1) is 5.10 Å². The van der Waals surface area contributed by atoms with Gasteiger partial charge in [0.1, 0.15) is 0 Å². The Balaban J connectivity index is 1.60. The third-order valence-electron chi connectivity index (χ3n) is 3.84. The molecule has 1 aromatic heterocycles. The molecule has 1 heterocycles. The van der Waals surface area contributed by atoms with E-state index < -0.39 is 17.9 Å². The number of benzene rings is 2. The van der Waals surface area contributed by atoms with Gasteiger partial charge in [0.25, 0.3) is 5.91 Å². The molecule has 0 saturated carbocycles. The van der Waals surface area contributed by atoms with Gasteiger partial charge in [-0.1, -0.05) is 41.4 Å². The van der Waals surface area contributed by atoms with Crippen LogP contribution in [0.3, 0.4) is 0 Å². The molecular formula is C18H16Cl2N6O2. The Morgan fingerprint density at radius 3 is 2.61 bits per heavy atom. The molecule has 0 saturated heterocycles. The van der Waals surface area contributed by atoms with Gasteiger partial charge >= 0.3 is 0 Å². The highest BCUT2D eigenvalue weighted by molar-refractivity contribution is 6.36. The van der Waals surface area contributed by atoms with Crippen molar-refractivity contribution in [2.45, 2.75) is 13.0 Å². The van der Waals surface area contributed by atoms with Crippen LogP contribution in [-0.4, -0.2) is 38.6 Å².